The zero-order valence-corrected chi connectivity index (χ0v) is 51.7. The Kier molecular flexibility index (Phi) is 19.0. The molecule has 464 valence electrons. The topological polar surface area (TPSA) is 250 Å². The van der Waals surface area contributed by atoms with Crippen LogP contribution in [-0.2, 0) is 19.6 Å². The molecule has 0 spiro atoms. The summed E-state index contributed by atoms with van der Waals surface area (Å²) in [6.45, 7) is 11.7. The Morgan fingerprint density at radius 3 is 2.45 bits per heavy atom. The standard InChI is InChI=1S/C67H73ClN10O10S/c1-67(2)27-25-48(56(39-67)46-14-16-49(68)17-15-46)43-75-31-33-76(34-32-75)50-18-21-54(60(37-50)88-51-36-47-26-28-69-62(47)71-41-51)63(80)73-89(86,87)52-19-22-57(59(38-52)78(84)85)70-40-45-12-10-30-74(42-45)29-9-7-5-3-4-6-8-11-44-13-20-53-55(35-44)66(83)77(65(53)82)58-23-24-61(79)72-64(58)81/h13-22,26,28,35-38,41,45,58,70H,3-7,9-10,12,23-25,27,29-34,39-40,42-43H2,1-2H3,(H,69,71)(H,73,80)(H,72,79,81). The number of likely N-dealkylation sites (tertiary alicyclic amines) is 1. The van der Waals surface area contributed by atoms with E-state index in [2.05, 4.69) is 77.8 Å². The number of H-pyrrole nitrogens is 1. The third kappa shape index (κ3) is 14.9. The fraction of sp³-hybridized carbons (Fsp3) is 0.403. The number of pyridine rings is 1. The lowest BCUT2D eigenvalue weighted by Gasteiger charge is -2.39. The number of nitro groups is 1. The first kappa shape index (κ1) is 62.2. The van der Waals surface area contributed by atoms with Crippen LogP contribution in [0.3, 0.4) is 0 Å². The third-order valence-corrected chi connectivity index (χ3v) is 19.3. The van der Waals surface area contributed by atoms with Crippen LogP contribution in [0.15, 0.2) is 114 Å². The molecule has 4 N–H and O–H groups in total. The minimum Gasteiger partial charge on any atom is -0.455 e. The van der Waals surface area contributed by atoms with Crippen LogP contribution in [0, 0.1) is 33.3 Å². The summed E-state index contributed by atoms with van der Waals surface area (Å²) in [6.07, 6.45) is 14.2. The lowest BCUT2D eigenvalue weighted by Crippen LogP contribution is -2.54. The van der Waals surface area contributed by atoms with Crippen molar-refractivity contribution in [2.24, 2.45) is 11.3 Å². The number of piperazine rings is 1. The van der Waals surface area contributed by atoms with Gasteiger partial charge >= 0.3 is 0 Å². The highest BCUT2D eigenvalue weighted by molar-refractivity contribution is 7.90. The number of halogens is 1. The van der Waals surface area contributed by atoms with Gasteiger partial charge < -0.3 is 24.8 Å². The molecule has 0 radical (unpaired) electrons. The van der Waals surface area contributed by atoms with Crippen LogP contribution in [0.25, 0.3) is 16.6 Å². The lowest BCUT2D eigenvalue weighted by atomic mass is 9.72. The largest absolute Gasteiger partial charge is 0.455 e. The number of imide groups is 2. The van der Waals surface area contributed by atoms with Crippen molar-refractivity contribution in [1.29, 1.82) is 0 Å². The highest BCUT2D eigenvalue weighted by atomic mass is 35.5. The van der Waals surface area contributed by atoms with Gasteiger partial charge in [-0.05, 0) is 154 Å². The second-order valence-corrected chi connectivity index (χ2v) is 26.8. The van der Waals surface area contributed by atoms with E-state index in [0.29, 0.717) is 43.0 Å². The van der Waals surface area contributed by atoms with Gasteiger partial charge in [-0.2, -0.15) is 0 Å². The van der Waals surface area contributed by atoms with Crippen molar-refractivity contribution in [2.45, 2.75) is 108 Å². The average Bonchev–Trinajstić information content (AvgIpc) is 2.14. The molecule has 0 saturated carbocycles. The zero-order valence-electron chi connectivity index (χ0n) is 50.1. The predicted molar refractivity (Wildman–Crippen MR) is 340 cm³/mol. The van der Waals surface area contributed by atoms with Gasteiger partial charge in [0, 0.05) is 98.6 Å². The van der Waals surface area contributed by atoms with Crippen molar-refractivity contribution in [3.63, 3.8) is 0 Å². The number of nitro benzene ring substituents is 1. The maximum Gasteiger partial charge on any atom is 0.293 e. The molecule has 2 atom stereocenters. The number of sulfonamides is 1. The number of ether oxygens (including phenoxy) is 1. The van der Waals surface area contributed by atoms with E-state index in [1.54, 1.807) is 48.7 Å². The van der Waals surface area contributed by atoms with E-state index >= 15 is 0 Å². The van der Waals surface area contributed by atoms with Gasteiger partial charge in [0.15, 0.2) is 0 Å². The van der Waals surface area contributed by atoms with Crippen molar-refractivity contribution in [3.05, 3.63) is 152 Å². The second-order valence-electron chi connectivity index (χ2n) is 24.6. The normalized spacial score (nSPS) is 19.0. The van der Waals surface area contributed by atoms with Crippen LogP contribution >= 0.6 is 11.6 Å². The number of rotatable bonds is 21. The van der Waals surface area contributed by atoms with E-state index in [0.717, 1.165) is 131 Å². The quantitative estimate of drug-likeness (QED) is 0.0172. The number of unbranched alkanes of at least 4 members (excludes halogenated alkanes) is 5. The molecule has 89 heavy (non-hydrogen) atoms. The minimum absolute atomic E-state index is 0.0553. The number of carbonyl (C=O) groups is 5. The summed E-state index contributed by atoms with van der Waals surface area (Å²) in [7, 11) is -4.63. The summed E-state index contributed by atoms with van der Waals surface area (Å²) in [6, 6.07) is 24.3. The SMILES string of the molecule is CC1(C)CCC(CN2CCN(c3ccc(C(=O)NS(=O)(=O)c4ccc(NCC5CCCN(CCCCCCCC#Cc6ccc7c(c6)C(=O)N(C6CCC(=O)NC6=O)C7=O)C5)c([N+](=O)[O-])c4)c(Oc4cnc5[nH]ccc5c4)c3)CC2)=C(c2ccc(Cl)cc2)C1. The molecule has 0 bridgehead atoms. The van der Waals surface area contributed by atoms with Gasteiger partial charge in [0.05, 0.1) is 32.7 Å². The Balaban J connectivity index is 0.658. The summed E-state index contributed by atoms with van der Waals surface area (Å²) >= 11 is 6.27. The van der Waals surface area contributed by atoms with E-state index in [9.17, 15) is 42.5 Å². The predicted octanol–water partition coefficient (Wildman–Crippen LogP) is 10.7. The highest BCUT2D eigenvalue weighted by Gasteiger charge is 2.45. The van der Waals surface area contributed by atoms with Crippen LogP contribution < -0.4 is 25.0 Å². The fourth-order valence-corrected chi connectivity index (χ4v) is 13.9. The van der Waals surface area contributed by atoms with Crippen molar-refractivity contribution in [2.75, 3.05) is 69.1 Å². The number of nitrogens with one attached hydrogen (secondary N) is 4. The van der Waals surface area contributed by atoms with Gasteiger partial charge in [0.25, 0.3) is 33.4 Å². The number of hydrogen-bond acceptors (Lipinski definition) is 15. The maximum atomic E-state index is 14.2. The summed E-state index contributed by atoms with van der Waals surface area (Å²) < 4.78 is 36.6. The first-order valence-electron chi connectivity index (χ1n) is 30.7. The molecule has 3 fully saturated rings. The Morgan fingerprint density at radius 2 is 1.65 bits per heavy atom. The number of anilines is 2. The molecule has 6 heterocycles. The number of benzene rings is 4. The van der Waals surface area contributed by atoms with Gasteiger partial charge in [0.2, 0.25) is 11.8 Å². The molecule has 11 rings (SSSR count). The Bertz CT molecular complexity index is 3940. The van der Waals surface area contributed by atoms with Crippen molar-refractivity contribution < 1.29 is 42.1 Å². The molecular weight excluding hydrogens is 1170 g/mol. The molecule has 2 unspecified atom stereocenters. The fourth-order valence-electron chi connectivity index (χ4n) is 12.8. The van der Waals surface area contributed by atoms with E-state index < -0.39 is 61.1 Å². The Hall–Kier alpha value is -8.42. The first-order chi connectivity index (χ1) is 42.8. The van der Waals surface area contributed by atoms with E-state index in [1.807, 2.05) is 18.2 Å². The molecule has 4 aromatic carbocycles. The monoisotopic (exact) mass is 1240 g/mol. The van der Waals surface area contributed by atoms with Gasteiger partial charge in [0.1, 0.15) is 28.9 Å². The lowest BCUT2D eigenvalue weighted by molar-refractivity contribution is -0.384. The van der Waals surface area contributed by atoms with Gasteiger partial charge in [-0.15, -0.1) is 0 Å². The van der Waals surface area contributed by atoms with Crippen LogP contribution in [0.1, 0.15) is 140 Å². The first-order valence-corrected chi connectivity index (χ1v) is 32.6. The molecule has 4 aliphatic heterocycles. The van der Waals surface area contributed by atoms with Gasteiger partial charge in [-0.1, -0.05) is 74.3 Å². The molecule has 1 aliphatic carbocycles. The molecule has 22 heteroatoms. The Morgan fingerprint density at radius 1 is 0.865 bits per heavy atom. The number of allylic oxidation sites excluding steroid dienone is 1. The van der Waals surface area contributed by atoms with Gasteiger partial charge in [-0.3, -0.25) is 49.2 Å². The van der Waals surface area contributed by atoms with E-state index in [1.165, 1.54) is 35.0 Å². The number of piperidine rings is 2. The van der Waals surface area contributed by atoms with Crippen molar-refractivity contribution >= 4 is 84.8 Å². The molecule has 6 aromatic rings. The smallest absolute Gasteiger partial charge is 0.293 e. The number of nitrogens with zero attached hydrogens (tertiary/aromatic N) is 6. The maximum absolute atomic E-state index is 14.2. The molecule has 5 amide bonds. The van der Waals surface area contributed by atoms with Crippen molar-refractivity contribution in [3.8, 4) is 23.3 Å². The number of hydrogen-bond donors (Lipinski definition) is 4. The van der Waals surface area contributed by atoms with E-state index in [-0.39, 0.29) is 52.3 Å². The number of aromatic amines is 1. The highest BCUT2D eigenvalue weighted by Crippen LogP contribution is 2.44. The second kappa shape index (κ2) is 27.1. The number of amides is 5. The van der Waals surface area contributed by atoms with Crippen LogP contribution in [-0.4, -0.2) is 132 Å². The molecule has 3 saturated heterocycles. The summed E-state index contributed by atoms with van der Waals surface area (Å²) in [5.74, 6) is 3.77. The summed E-state index contributed by atoms with van der Waals surface area (Å²) in [4.78, 5) is 91.4. The number of fused-ring (bicyclic) bond motifs is 2. The van der Waals surface area contributed by atoms with Crippen LogP contribution in [0.4, 0.5) is 17.1 Å². The van der Waals surface area contributed by atoms with Crippen LogP contribution in [0.2, 0.25) is 5.02 Å². The van der Waals surface area contributed by atoms with Gasteiger partial charge in [-0.25, -0.2) is 18.1 Å². The zero-order chi connectivity index (χ0) is 62.4. The van der Waals surface area contributed by atoms with Crippen molar-refractivity contribution in [1.82, 2.24) is 34.7 Å². The third-order valence-electron chi connectivity index (χ3n) is 17.7. The molecule has 5 aliphatic rings. The minimum atomic E-state index is -4.63. The molecule has 2 aromatic heterocycles. The molecule has 20 nitrogen and oxygen atoms in total. The summed E-state index contributed by atoms with van der Waals surface area (Å²) in [5, 5.41) is 19.4. The summed E-state index contributed by atoms with van der Waals surface area (Å²) in [5.41, 5.74) is 6.44. The van der Waals surface area contributed by atoms with Crippen LogP contribution in [0.5, 0.6) is 11.5 Å². The molecular formula is C67H73ClN10O10S. The number of aromatic nitrogens is 2. The Labute approximate surface area is 523 Å². The van der Waals surface area contributed by atoms with E-state index in [4.69, 9.17) is 16.3 Å². The number of carbonyl (C=O) groups excluding carboxylic acids is 5. The average molecular weight is 1250 g/mol.